The minimum atomic E-state index is -3.87. The van der Waals surface area contributed by atoms with Crippen LogP contribution >= 0.6 is 15.9 Å². The number of hydrogen-bond donors (Lipinski definition) is 2. The second-order valence-electron chi connectivity index (χ2n) is 5.89. The highest BCUT2D eigenvalue weighted by atomic mass is 79.9. The Bertz CT molecular complexity index is 1160. The lowest BCUT2D eigenvalue weighted by molar-refractivity contribution is 0.104. The first-order valence-corrected chi connectivity index (χ1v) is 10.9. The van der Waals surface area contributed by atoms with Gasteiger partial charge in [-0.2, -0.15) is 0 Å². The Morgan fingerprint density at radius 1 is 1.03 bits per heavy atom. The Morgan fingerprint density at radius 3 is 2.37 bits per heavy atom. The van der Waals surface area contributed by atoms with E-state index in [1.165, 1.54) is 43.9 Å². The quantitative estimate of drug-likeness (QED) is 0.365. The second-order valence-corrected chi connectivity index (χ2v) is 8.49. The molecule has 1 aromatic heterocycles. The Balaban J connectivity index is 1.65. The summed E-state index contributed by atoms with van der Waals surface area (Å²) in [6.45, 7) is 0. The summed E-state index contributed by atoms with van der Waals surface area (Å²) in [5.74, 6) is -0.0900. The summed E-state index contributed by atoms with van der Waals surface area (Å²) >= 11 is 3.32. The number of ether oxygens (including phenoxy) is 1. The zero-order valence-electron chi connectivity index (χ0n) is 15.7. The van der Waals surface area contributed by atoms with Crippen LogP contribution in [0, 0.1) is 0 Å². The molecule has 2 aromatic carbocycles. The fourth-order valence-corrected chi connectivity index (χ4v) is 3.66. The Hall–Kier alpha value is -3.24. The van der Waals surface area contributed by atoms with Gasteiger partial charge in [-0.15, -0.1) is 0 Å². The van der Waals surface area contributed by atoms with Gasteiger partial charge in [-0.05, 0) is 48.5 Å². The molecule has 3 aromatic rings. The van der Waals surface area contributed by atoms with E-state index in [0.29, 0.717) is 11.3 Å². The van der Waals surface area contributed by atoms with Gasteiger partial charge in [0.1, 0.15) is 0 Å². The lowest BCUT2D eigenvalue weighted by Crippen LogP contribution is -2.15. The number of hydrogen-bond acceptors (Lipinski definition) is 7. The maximum Gasteiger partial charge on any atom is 0.263 e. The molecule has 0 saturated heterocycles. The molecule has 10 heteroatoms. The number of carbonyl (C=O) groups is 1. The number of benzene rings is 2. The second kappa shape index (κ2) is 9.51. The van der Waals surface area contributed by atoms with Crippen LogP contribution in [0.15, 0.2) is 82.6 Å². The molecule has 1 heterocycles. The van der Waals surface area contributed by atoms with Crippen molar-refractivity contribution in [1.29, 1.82) is 0 Å². The van der Waals surface area contributed by atoms with Gasteiger partial charge in [0.25, 0.3) is 15.9 Å². The number of carbonyl (C=O) groups excluding carboxylic acids is 1. The zero-order valence-corrected chi connectivity index (χ0v) is 18.1. The van der Waals surface area contributed by atoms with Crippen molar-refractivity contribution in [2.24, 2.45) is 0 Å². The smallest absolute Gasteiger partial charge is 0.263 e. The molecule has 0 aliphatic heterocycles. The van der Waals surface area contributed by atoms with Crippen LogP contribution in [0.5, 0.6) is 5.88 Å². The SMILES string of the molecule is COc1nccnc1NS(=O)(=O)c1ccc(NC=CC(=O)c2ccc(Br)cc2)cc1. The summed E-state index contributed by atoms with van der Waals surface area (Å²) in [5, 5.41) is 2.94. The fourth-order valence-electron chi connectivity index (χ4n) is 2.39. The molecule has 0 saturated carbocycles. The summed E-state index contributed by atoms with van der Waals surface area (Å²) in [7, 11) is -2.50. The van der Waals surface area contributed by atoms with Crippen molar-refractivity contribution in [3.05, 3.63) is 83.2 Å². The number of nitrogens with one attached hydrogen (secondary N) is 2. The first kappa shape index (κ1) is 21.5. The molecule has 8 nitrogen and oxygen atoms in total. The topological polar surface area (TPSA) is 110 Å². The Morgan fingerprint density at radius 2 is 1.70 bits per heavy atom. The molecule has 0 atom stereocenters. The molecule has 0 unspecified atom stereocenters. The molecular formula is C20H17BrN4O4S. The van der Waals surface area contributed by atoms with Crippen LogP contribution in [0.3, 0.4) is 0 Å². The number of halogens is 1. The van der Waals surface area contributed by atoms with E-state index in [4.69, 9.17) is 4.74 Å². The average molecular weight is 489 g/mol. The number of aromatic nitrogens is 2. The van der Waals surface area contributed by atoms with Crippen LogP contribution in [0.4, 0.5) is 11.5 Å². The van der Waals surface area contributed by atoms with E-state index in [1.54, 1.807) is 36.4 Å². The first-order chi connectivity index (χ1) is 14.4. The van der Waals surface area contributed by atoms with Gasteiger partial charge in [0, 0.05) is 40.4 Å². The van der Waals surface area contributed by atoms with Gasteiger partial charge >= 0.3 is 0 Å². The number of sulfonamides is 1. The third-order valence-electron chi connectivity index (χ3n) is 3.87. The lowest BCUT2D eigenvalue weighted by Gasteiger charge is -2.10. The molecule has 0 bridgehead atoms. The van der Waals surface area contributed by atoms with Gasteiger partial charge in [0.05, 0.1) is 12.0 Å². The number of anilines is 2. The Labute approximate surface area is 182 Å². The van der Waals surface area contributed by atoms with Crippen molar-refractivity contribution >= 4 is 43.2 Å². The monoisotopic (exact) mass is 488 g/mol. The maximum atomic E-state index is 12.5. The van der Waals surface area contributed by atoms with E-state index < -0.39 is 10.0 Å². The van der Waals surface area contributed by atoms with Crippen molar-refractivity contribution in [2.45, 2.75) is 4.90 Å². The van der Waals surface area contributed by atoms with Crippen molar-refractivity contribution in [3.63, 3.8) is 0 Å². The highest BCUT2D eigenvalue weighted by molar-refractivity contribution is 9.10. The minimum absolute atomic E-state index is 0.00316. The van der Waals surface area contributed by atoms with E-state index >= 15 is 0 Å². The average Bonchev–Trinajstić information content (AvgIpc) is 2.74. The van der Waals surface area contributed by atoms with E-state index in [-0.39, 0.29) is 22.4 Å². The van der Waals surface area contributed by atoms with Crippen LogP contribution < -0.4 is 14.8 Å². The highest BCUT2D eigenvalue weighted by Gasteiger charge is 2.17. The number of nitrogens with zero attached hydrogens (tertiary/aromatic N) is 2. The Kier molecular flexibility index (Phi) is 6.80. The van der Waals surface area contributed by atoms with Crippen molar-refractivity contribution < 1.29 is 17.9 Å². The van der Waals surface area contributed by atoms with Gasteiger partial charge in [-0.25, -0.2) is 18.4 Å². The summed E-state index contributed by atoms with van der Waals surface area (Å²) in [6, 6.07) is 13.0. The highest BCUT2D eigenvalue weighted by Crippen LogP contribution is 2.22. The molecule has 0 amide bonds. The van der Waals surface area contributed by atoms with Crippen LogP contribution in [0.25, 0.3) is 0 Å². The number of allylic oxidation sites excluding steroid dienone is 1. The molecule has 3 rings (SSSR count). The van der Waals surface area contributed by atoms with E-state index in [1.807, 2.05) is 0 Å². The van der Waals surface area contributed by atoms with E-state index in [2.05, 4.69) is 35.9 Å². The summed E-state index contributed by atoms with van der Waals surface area (Å²) in [6.07, 6.45) is 5.65. The molecule has 0 aliphatic carbocycles. The third kappa shape index (κ3) is 5.43. The van der Waals surface area contributed by atoms with E-state index in [0.717, 1.165) is 4.47 Å². The number of rotatable bonds is 8. The minimum Gasteiger partial charge on any atom is -0.478 e. The zero-order chi connectivity index (χ0) is 21.6. The lowest BCUT2D eigenvalue weighted by atomic mass is 10.1. The maximum absolute atomic E-state index is 12.5. The van der Waals surface area contributed by atoms with E-state index in [9.17, 15) is 13.2 Å². The summed E-state index contributed by atoms with van der Waals surface area (Å²) in [4.78, 5) is 20.0. The number of methoxy groups -OCH3 is 1. The summed E-state index contributed by atoms with van der Waals surface area (Å²) in [5.41, 5.74) is 1.18. The van der Waals surface area contributed by atoms with Crippen molar-refractivity contribution in [1.82, 2.24) is 9.97 Å². The normalized spacial score (nSPS) is 11.3. The largest absolute Gasteiger partial charge is 0.478 e. The molecule has 154 valence electrons. The molecule has 0 spiro atoms. The van der Waals surface area contributed by atoms with Gasteiger partial charge < -0.3 is 10.1 Å². The van der Waals surface area contributed by atoms with Crippen molar-refractivity contribution in [3.8, 4) is 5.88 Å². The molecule has 30 heavy (non-hydrogen) atoms. The van der Waals surface area contributed by atoms with Crippen LogP contribution in [0.2, 0.25) is 0 Å². The van der Waals surface area contributed by atoms with Gasteiger partial charge in [-0.1, -0.05) is 15.9 Å². The van der Waals surface area contributed by atoms with Crippen LogP contribution in [0.1, 0.15) is 10.4 Å². The molecule has 0 aliphatic rings. The van der Waals surface area contributed by atoms with Gasteiger partial charge in [0.2, 0.25) is 5.82 Å². The predicted molar refractivity (Wildman–Crippen MR) is 117 cm³/mol. The third-order valence-corrected chi connectivity index (χ3v) is 5.75. The number of ketones is 1. The summed E-state index contributed by atoms with van der Waals surface area (Å²) < 4.78 is 33.3. The molecule has 0 radical (unpaired) electrons. The predicted octanol–water partition coefficient (Wildman–Crippen LogP) is 3.86. The molecular weight excluding hydrogens is 472 g/mol. The van der Waals surface area contributed by atoms with Gasteiger partial charge in [0.15, 0.2) is 5.78 Å². The standard InChI is InChI=1S/C20H17BrN4O4S/c1-29-20-19(23-12-13-24-20)25-30(27,28)17-8-6-16(7-9-17)22-11-10-18(26)14-2-4-15(21)5-3-14/h2-13,22H,1H3,(H,23,25). The van der Waals surface area contributed by atoms with Crippen molar-refractivity contribution in [2.75, 3.05) is 17.1 Å². The van der Waals surface area contributed by atoms with Crippen LogP contribution in [-0.4, -0.2) is 31.3 Å². The molecule has 2 N–H and O–H groups in total. The van der Waals surface area contributed by atoms with Crippen LogP contribution in [-0.2, 0) is 10.0 Å². The first-order valence-electron chi connectivity index (χ1n) is 8.60. The fraction of sp³-hybridized carbons (Fsp3) is 0.0500. The van der Waals surface area contributed by atoms with Gasteiger partial charge in [-0.3, -0.25) is 9.52 Å². The molecule has 0 fully saturated rings.